The van der Waals surface area contributed by atoms with Crippen LogP contribution in [0.2, 0.25) is 0 Å². The molecule has 0 rings (SSSR count). The monoisotopic (exact) mass is 131 g/mol. The quantitative estimate of drug-likeness (QED) is 0.594. The third-order valence-corrected chi connectivity index (χ3v) is 1.30. The van der Waals surface area contributed by atoms with Gasteiger partial charge in [-0.25, -0.2) is 0 Å². The Morgan fingerprint density at radius 1 is 1.33 bits per heavy atom. The van der Waals surface area contributed by atoms with Crippen LogP contribution < -0.4 is 0 Å². The van der Waals surface area contributed by atoms with Crippen LogP contribution in [0, 0.1) is 0 Å². The van der Waals surface area contributed by atoms with E-state index < -0.39 is 0 Å². The Hall–Kier alpha value is -0.0800. The number of rotatable bonds is 5. The second kappa shape index (κ2) is 6.05. The van der Waals surface area contributed by atoms with E-state index in [1.165, 1.54) is 6.42 Å². The molecular formula is C7H17NO. The summed E-state index contributed by atoms with van der Waals surface area (Å²) < 4.78 is 0. The lowest BCUT2D eigenvalue weighted by atomic mass is 10.4. The van der Waals surface area contributed by atoms with Crippen LogP contribution in [0.15, 0.2) is 0 Å². The largest absolute Gasteiger partial charge is 0.396 e. The molecule has 56 valence electrons. The van der Waals surface area contributed by atoms with Gasteiger partial charge in [0.05, 0.1) is 0 Å². The Labute approximate surface area is 57.5 Å². The Morgan fingerprint density at radius 3 is 2.44 bits per heavy atom. The summed E-state index contributed by atoms with van der Waals surface area (Å²) in [4.78, 5) is 2.23. The molecule has 0 aliphatic carbocycles. The predicted octanol–water partition coefficient (Wildman–Crippen LogP) is 0.711. The molecule has 0 aromatic heterocycles. The molecular weight excluding hydrogens is 114 g/mol. The minimum atomic E-state index is 0.314. The van der Waals surface area contributed by atoms with Crippen LogP contribution in [0.5, 0.6) is 0 Å². The van der Waals surface area contributed by atoms with Crippen molar-refractivity contribution in [2.24, 2.45) is 0 Å². The third kappa shape index (κ3) is 5.80. The van der Waals surface area contributed by atoms with Gasteiger partial charge in [0, 0.05) is 13.2 Å². The lowest BCUT2D eigenvalue weighted by Crippen LogP contribution is -2.20. The van der Waals surface area contributed by atoms with Crippen molar-refractivity contribution in [3.63, 3.8) is 0 Å². The molecule has 0 aromatic carbocycles. The molecule has 0 aliphatic heterocycles. The van der Waals surface area contributed by atoms with E-state index >= 15 is 0 Å². The first-order chi connectivity index (χ1) is 4.31. The summed E-state index contributed by atoms with van der Waals surface area (Å²) in [7, 11) is 2.08. The number of aliphatic hydroxyl groups excluding tert-OH is 1. The van der Waals surface area contributed by atoms with Crippen LogP contribution in [0.3, 0.4) is 0 Å². The van der Waals surface area contributed by atoms with Gasteiger partial charge >= 0.3 is 0 Å². The second-order valence-corrected chi connectivity index (χ2v) is 2.38. The van der Waals surface area contributed by atoms with Gasteiger partial charge in [-0.2, -0.15) is 0 Å². The first-order valence-electron chi connectivity index (χ1n) is 3.60. The fourth-order valence-corrected chi connectivity index (χ4v) is 0.834. The van der Waals surface area contributed by atoms with Crippen molar-refractivity contribution in [3.05, 3.63) is 0 Å². The maximum Gasteiger partial charge on any atom is 0.0443 e. The van der Waals surface area contributed by atoms with Crippen molar-refractivity contribution >= 4 is 0 Å². The van der Waals surface area contributed by atoms with Gasteiger partial charge in [-0.15, -0.1) is 0 Å². The normalized spacial score (nSPS) is 10.7. The van der Waals surface area contributed by atoms with Crippen molar-refractivity contribution < 1.29 is 5.11 Å². The topological polar surface area (TPSA) is 23.5 Å². The molecule has 0 saturated heterocycles. The average Bonchev–Trinajstić information content (AvgIpc) is 1.85. The molecule has 0 saturated carbocycles. The van der Waals surface area contributed by atoms with Gasteiger partial charge in [-0.05, 0) is 26.4 Å². The summed E-state index contributed by atoms with van der Waals surface area (Å²) >= 11 is 0. The summed E-state index contributed by atoms with van der Waals surface area (Å²) in [6, 6.07) is 0. The highest BCUT2D eigenvalue weighted by atomic mass is 16.3. The van der Waals surface area contributed by atoms with Crippen LogP contribution in [-0.2, 0) is 0 Å². The fraction of sp³-hybridized carbons (Fsp3) is 1.00. The number of nitrogens with zero attached hydrogens (tertiary/aromatic N) is 1. The van der Waals surface area contributed by atoms with E-state index in [9.17, 15) is 0 Å². The van der Waals surface area contributed by atoms with Crippen LogP contribution in [0.25, 0.3) is 0 Å². The van der Waals surface area contributed by atoms with E-state index in [2.05, 4.69) is 18.9 Å². The fourth-order valence-electron chi connectivity index (χ4n) is 0.834. The molecule has 0 aromatic rings. The van der Waals surface area contributed by atoms with Crippen LogP contribution in [0.1, 0.15) is 19.8 Å². The molecule has 0 unspecified atom stereocenters. The number of aliphatic hydroxyl groups is 1. The van der Waals surface area contributed by atoms with Gasteiger partial charge < -0.3 is 10.0 Å². The zero-order valence-corrected chi connectivity index (χ0v) is 6.43. The van der Waals surface area contributed by atoms with Gasteiger partial charge in [-0.1, -0.05) is 6.92 Å². The molecule has 0 bridgehead atoms. The van der Waals surface area contributed by atoms with Crippen LogP contribution >= 0.6 is 0 Å². The molecule has 0 spiro atoms. The summed E-state index contributed by atoms with van der Waals surface area (Å²) in [5.74, 6) is 0. The summed E-state index contributed by atoms with van der Waals surface area (Å²) in [5.41, 5.74) is 0. The minimum absolute atomic E-state index is 0.314. The first-order valence-corrected chi connectivity index (χ1v) is 3.60. The summed E-state index contributed by atoms with van der Waals surface area (Å²) in [5, 5.41) is 8.46. The number of hydrogen-bond donors (Lipinski definition) is 1. The molecule has 9 heavy (non-hydrogen) atoms. The van der Waals surface area contributed by atoms with Gasteiger partial charge in [0.2, 0.25) is 0 Å². The molecule has 0 heterocycles. The molecule has 2 heteroatoms. The first kappa shape index (κ1) is 8.92. The average molecular weight is 131 g/mol. The Bertz CT molecular complexity index is 56.9. The van der Waals surface area contributed by atoms with E-state index in [4.69, 9.17) is 5.11 Å². The van der Waals surface area contributed by atoms with Crippen molar-refractivity contribution in [2.75, 3.05) is 26.7 Å². The Balaban J connectivity index is 2.95. The van der Waals surface area contributed by atoms with E-state index in [0.717, 1.165) is 19.5 Å². The lowest BCUT2D eigenvalue weighted by Gasteiger charge is -2.13. The van der Waals surface area contributed by atoms with Crippen molar-refractivity contribution in [1.82, 2.24) is 4.90 Å². The molecule has 0 amide bonds. The Kier molecular flexibility index (Phi) is 5.99. The molecule has 1 N–H and O–H groups in total. The lowest BCUT2D eigenvalue weighted by molar-refractivity contribution is 0.247. The van der Waals surface area contributed by atoms with E-state index in [-0.39, 0.29) is 0 Å². The van der Waals surface area contributed by atoms with E-state index in [1.807, 2.05) is 0 Å². The summed E-state index contributed by atoms with van der Waals surface area (Å²) in [6.45, 7) is 4.63. The maximum absolute atomic E-state index is 8.46. The predicted molar refractivity (Wildman–Crippen MR) is 39.5 cm³/mol. The van der Waals surface area contributed by atoms with Gasteiger partial charge in [0.1, 0.15) is 0 Å². The standard InChI is InChI=1S/C7H17NO/c1-3-5-8(2)6-4-7-9/h9H,3-7H2,1-2H3. The third-order valence-electron chi connectivity index (χ3n) is 1.30. The van der Waals surface area contributed by atoms with Gasteiger partial charge in [0.25, 0.3) is 0 Å². The Morgan fingerprint density at radius 2 is 2.00 bits per heavy atom. The smallest absolute Gasteiger partial charge is 0.0443 e. The molecule has 0 aliphatic rings. The van der Waals surface area contributed by atoms with Crippen LogP contribution in [-0.4, -0.2) is 36.8 Å². The summed E-state index contributed by atoms with van der Waals surface area (Å²) in [6.07, 6.45) is 2.10. The van der Waals surface area contributed by atoms with Gasteiger partial charge in [-0.3, -0.25) is 0 Å². The maximum atomic E-state index is 8.46. The van der Waals surface area contributed by atoms with Crippen molar-refractivity contribution in [3.8, 4) is 0 Å². The van der Waals surface area contributed by atoms with Crippen LogP contribution in [0.4, 0.5) is 0 Å². The molecule has 0 fully saturated rings. The molecule has 0 atom stereocenters. The van der Waals surface area contributed by atoms with Crippen molar-refractivity contribution in [1.29, 1.82) is 0 Å². The number of hydrogen-bond acceptors (Lipinski definition) is 2. The van der Waals surface area contributed by atoms with E-state index in [1.54, 1.807) is 0 Å². The van der Waals surface area contributed by atoms with Gasteiger partial charge in [0.15, 0.2) is 0 Å². The highest BCUT2D eigenvalue weighted by Crippen LogP contribution is 1.87. The highest BCUT2D eigenvalue weighted by molar-refractivity contribution is 4.47. The molecule has 2 nitrogen and oxygen atoms in total. The minimum Gasteiger partial charge on any atom is -0.396 e. The van der Waals surface area contributed by atoms with E-state index in [0.29, 0.717) is 6.61 Å². The SMILES string of the molecule is CCCN(C)CCCO. The molecule has 0 radical (unpaired) electrons. The van der Waals surface area contributed by atoms with Crippen molar-refractivity contribution in [2.45, 2.75) is 19.8 Å². The zero-order valence-electron chi connectivity index (χ0n) is 6.43. The zero-order chi connectivity index (χ0) is 7.11. The highest BCUT2D eigenvalue weighted by Gasteiger charge is 1.92. The second-order valence-electron chi connectivity index (χ2n) is 2.38.